The number of thiophene rings is 1. The molecule has 3 aromatic heterocycles. The zero-order chi connectivity index (χ0) is 19.3. The molecule has 2 bridgehead atoms. The molecule has 0 aliphatic carbocycles. The van der Waals surface area contributed by atoms with Gasteiger partial charge in [-0.1, -0.05) is 6.07 Å². The third-order valence-electron chi connectivity index (χ3n) is 6.35. The number of pyridine rings is 1. The maximum atomic E-state index is 12.8. The molecule has 28 heavy (non-hydrogen) atoms. The first-order valence-electron chi connectivity index (χ1n) is 9.97. The Morgan fingerprint density at radius 1 is 1.29 bits per heavy atom. The van der Waals surface area contributed by atoms with Crippen LogP contribution in [0.2, 0.25) is 0 Å². The van der Waals surface area contributed by atoms with Crippen molar-refractivity contribution in [3.63, 3.8) is 0 Å². The van der Waals surface area contributed by atoms with Crippen molar-refractivity contribution < 1.29 is 4.79 Å². The summed E-state index contributed by atoms with van der Waals surface area (Å²) >= 11 is 1.70. The molecule has 0 aromatic carbocycles. The highest BCUT2D eigenvalue weighted by molar-refractivity contribution is 7.13. The molecule has 2 fully saturated rings. The smallest absolute Gasteiger partial charge is 0.242 e. The predicted molar refractivity (Wildman–Crippen MR) is 111 cm³/mol. The van der Waals surface area contributed by atoms with Crippen LogP contribution in [-0.4, -0.2) is 50.7 Å². The minimum atomic E-state index is 0.0293. The topological polar surface area (TPSA) is 63.1 Å². The van der Waals surface area contributed by atoms with E-state index in [2.05, 4.69) is 38.8 Å². The van der Waals surface area contributed by atoms with E-state index in [4.69, 9.17) is 0 Å². The van der Waals surface area contributed by atoms with Crippen molar-refractivity contribution in [3.05, 3.63) is 35.5 Å². The van der Waals surface area contributed by atoms with Gasteiger partial charge in [0.05, 0.1) is 11.1 Å². The Morgan fingerprint density at radius 2 is 2.07 bits per heavy atom. The molecule has 0 saturated carbocycles. The number of nitrogens with zero attached hydrogens (tertiary/aromatic N) is 4. The van der Waals surface area contributed by atoms with E-state index >= 15 is 0 Å². The lowest BCUT2D eigenvalue weighted by Crippen LogP contribution is -2.49. The number of nitrogens with one attached hydrogen (secondary N) is 1. The fourth-order valence-electron chi connectivity index (χ4n) is 4.97. The largest absolute Gasteiger partial charge is 0.352 e. The number of hydrogen-bond acceptors (Lipinski definition) is 5. The number of rotatable bonds is 4. The standard InChI is InChI=1S/C21H25N5OS/c1-13-20-17(18-4-3-9-28-18)7-8-22-21(20)26(24-13)12-19(27)23-14-10-15-5-6-16(11-14)25(15)2/h3-4,7-9,14-16H,5-6,10-12H2,1-2H3,(H,23,27). The Balaban J connectivity index is 1.36. The average Bonchev–Trinajstić information content (AvgIpc) is 3.35. The first-order valence-corrected chi connectivity index (χ1v) is 10.9. The third kappa shape index (κ3) is 3.02. The van der Waals surface area contributed by atoms with Crippen molar-refractivity contribution in [1.29, 1.82) is 0 Å². The third-order valence-corrected chi connectivity index (χ3v) is 7.25. The second-order valence-electron chi connectivity index (χ2n) is 8.06. The van der Waals surface area contributed by atoms with Crippen LogP contribution in [0, 0.1) is 6.92 Å². The second-order valence-corrected chi connectivity index (χ2v) is 9.01. The van der Waals surface area contributed by atoms with E-state index in [0.717, 1.165) is 35.1 Å². The van der Waals surface area contributed by atoms with Gasteiger partial charge in [0.15, 0.2) is 5.65 Å². The van der Waals surface area contributed by atoms with Gasteiger partial charge in [0.1, 0.15) is 6.54 Å². The fourth-order valence-corrected chi connectivity index (χ4v) is 5.73. The van der Waals surface area contributed by atoms with Crippen LogP contribution in [0.4, 0.5) is 0 Å². The predicted octanol–water partition coefficient (Wildman–Crippen LogP) is 3.21. The molecule has 5 heterocycles. The molecule has 5 rings (SSSR count). The Bertz CT molecular complexity index is 997. The van der Waals surface area contributed by atoms with Gasteiger partial charge in [-0.3, -0.25) is 4.79 Å². The molecule has 0 radical (unpaired) electrons. The average molecular weight is 396 g/mol. The molecule has 146 valence electrons. The first-order chi connectivity index (χ1) is 13.6. The number of carbonyl (C=O) groups excluding carboxylic acids is 1. The number of amides is 1. The molecule has 7 heteroatoms. The van der Waals surface area contributed by atoms with Crippen molar-refractivity contribution in [2.75, 3.05) is 7.05 Å². The molecule has 1 N–H and O–H groups in total. The Kier molecular flexibility index (Phi) is 4.44. The normalized spacial score (nSPS) is 24.7. The number of hydrogen-bond donors (Lipinski definition) is 1. The summed E-state index contributed by atoms with van der Waals surface area (Å²) in [6, 6.07) is 7.70. The van der Waals surface area contributed by atoms with E-state index < -0.39 is 0 Å². The molecule has 2 saturated heterocycles. The van der Waals surface area contributed by atoms with Crippen molar-refractivity contribution in [2.45, 2.75) is 57.3 Å². The lowest BCUT2D eigenvalue weighted by molar-refractivity contribution is -0.123. The van der Waals surface area contributed by atoms with Crippen LogP contribution >= 0.6 is 11.3 Å². The molecule has 6 nitrogen and oxygen atoms in total. The Hall–Kier alpha value is -2.25. The van der Waals surface area contributed by atoms with Gasteiger partial charge >= 0.3 is 0 Å². The fraction of sp³-hybridized carbons (Fsp3) is 0.476. The summed E-state index contributed by atoms with van der Waals surface area (Å²) in [7, 11) is 2.22. The lowest BCUT2D eigenvalue weighted by atomic mass is 9.98. The van der Waals surface area contributed by atoms with E-state index in [-0.39, 0.29) is 18.5 Å². The van der Waals surface area contributed by atoms with Gasteiger partial charge in [-0.15, -0.1) is 11.3 Å². The molecular formula is C21H25N5OS. The van der Waals surface area contributed by atoms with Crippen LogP contribution in [-0.2, 0) is 11.3 Å². The van der Waals surface area contributed by atoms with E-state index in [1.54, 1.807) is 16.0 Å². The van der Waals surface area contributed by atoms with Crippen LogP contribution in [0.15, 0.2) is 29.8 Å². The Labute approximate surface area is 168 Å². The lowest BCUT2D eigenvalue weighted by Gasteiger charge is -2.36. The van der Waals surface area contributed by atoms with Crippen LogP contribution in [0.25, 0.3) is 21.5 Å². The van der Waals surface area contributed by atoms with Gasteiger partial charge in [-0.25, -0.2) is 9.67 Å². The van der Waals surface area contributed by atoms with E-state index in [9.17, 15) is 4.79 Å². The van der Waals surface area contributed by atoms with E-state index in [0.29, 0.717) is 12.1 Å². The molecule has 2 aliphatic heterocycles. The highest BCUT2D eigenvalue weighted by atomic mass is 32.1. The summed E-state index contributed by atoms with van der Waals surface area (Å²) in [4.78, 5) is 21.0. The van der Waals surface area contributed by atoms with E-state index in [1.807, 2.05) is 25.3 Å². The van der Waals surface area contributed by atoms with Gasteiger partial charge in [-0.2, -0.15) is 5.10 Å². The quantitative estimate of drug-likeness (QED) is 0.737. The SMILES string of the molecule is Cc1nn(CC(=O)NC2CC3CCC(C2)N3C)c2nccc(-c3cccs3)c12. The van der Waals surface area contributed by atoms with Crippen LogP contribution in [0.3, 0.4) is 0 Å². The summed E-state index contributed by atoms with van der Waals surface area (Å²) in [5.74, 6) is 0.0293. The van der Waals surface area contributed by atoms with Gasteiger partial charge < -0.3 is 10.2 Å². The summed E-state index contributed by atoms with van der Waals surface area (Å²) in [5.41, 5.74) is 2.83. The van der Waals surface area contributed by atoms with Gasteiger partial charge in [-0.05, 0) is 57.2 Å². The molecular weight excluding hydrogens is 370 g/mol. The number of aryl methyl sites for hydroxylation is 1. The highest BCUT2D eigenvalue weighted by Crippen LogP contribution is 2.34. The monoisotopic (exact) mass is 395 g/mol. The number of piperidine rings is 1. The zero-order valence-electron chi connectivity index (χ0n) is 16.3. The zero-order valence-corrected chi connectivity index (χ0v) is 17.1. The van der Waals surface area contributed by atoms with Crippen molar-refractivity contribution in [2.24, 2.45) is 0 Å². The minimum Gasteiger partial charge on any atom is -0.352 e. The molecule has 2 aliphatic rings. The van der Waals surface area contributed by atoms with Crippen LogP contribution < -0.4 is 5.32 Å². The highest BCUT2D eigenvalue weighted by Gasteiger charge is 2.38. The van der Waals surface area contributed by atoms with Crippen LogP contribution in [0.1, 0.15) is 31.4 Å². The summed E-state index contributed by atoms with van der Waals surface area (Å²) in [5, 5.41) is 11.0. The summed E-state index contributed by atoms with van der Waals surface area (Å²) < 4.78 is 1.75. The molecule has 3 aromatic rings. The van der Waals surface area contributed by atoms with Crippen molar-refractivity contribution >= 4 is 28.3 Å². The summed E-state index contributed by atoms with van der Waals surface area (Å²) in [6.07, 6.45) is 6.43. The second kappa shape index (κ2) is 6.97. The first kappa shape index (κ1) is 17.8. The maximum Gasteiger partial charge on any atom is 0.242 e. The number of aromatic nitrogens is 3. The maximum absolute atomic E-state index is 12.8. The number of fused-ring (bicyclic) bond motifs is 3. The molecule has 2 atom stereocenters. The van der Waals surface area contributed by atoms with Gasteiger partial charge in [0, 0.05) is 34.8 Å². The molecule has 0 spiro atoms. The number of carbonyl (C=O) groups is 1. The van der Waals surface area contributed by atoms with E-state index in [1.165, 1.54) is 17.7 Å². The van der Waals surface area contributed by atoms with Gasteiger partial charge in [0.2, 0.25) is 5.91 Å². The Morgan fingerprint density at radius 3 is 2.79 bits per heavy atom. The van der Waals surface area contributed by atoms with Crippen molar-refractivity contribution in [3.8, 4) is 10.4 Å². The van der Waals surface area contributed by atoms with Crippen molar-refractivity contribution in [1.82, 2.24) is 25.0 Å². The summed E-state index contributed by atoms with van der Waals surface area (Å²) in [6.45, 7) is 2.21. The van der Waals surface area contributed by atoms with Crippen LogP contribution in [0.5, 0.6) is 0 Å². The molecule has 1 amide bonds. The van der Waals surface area contributed by atoms with Gasteiger partial charge in [0.25, 0.3) is 0 Å². The minimum absolute atomic E-state index is 0.0293. The molecule has 2 unspecified atom stereocenters.